The number of aliphatic carboxylic acids is 1. The van der Waals surface area contributed by atoms with Crippen LogP contribution in [0.3, 0.4) is 0 Å². The Morgan fingerprint density at radius 1 is 1.77 bits per heavy atom. The number of nitrogens with zero attached hydrogens (tertiary/aromatic N) is 3. The van der Waals surface area contributed by atoms with E-state index in [1.165, 1.54) is 4.68 Å². The average Bonchev–Trinajstić information content (AvgIpc) is 2.32. The number of carboxylic acid groups (broad SMARTS) is 1. The molecule has 3 N–H and O–H groups in total. The summed E-state index contributed by atoms with van der Waals surface area (Å²) in [7, 11) is 1.71. The lowest BCUT2D eigenvalue weighted by molar-refractivity contribution is -0.138. The zero-order chi connectivity index (χ0) is 10.0. The van der Waals surface area contributed by atoms with Gasteiger partial charge in [0.15, 0.2) is 5.82 Å². The second-order valence-corrected chi connectivity index (χ2v) is 2.77. The third-order valence-corrected chi connectivity index (χ3v) is 1.84. The molecule has 13 heavy (non-hydrogen) atoms. The molecule has 0 saturated heterocycles. The minimum Gasteiger partial charge on any atom is -0.481 e. The van der Waals surface area contributed by atoms with Gasteiger partial charge in [-0.3, -0.25) is 9.48 Å². The highest BCUT2D eigenvalue weighted by atomic mass is 16.4. The first kappa shape index (κ1) is 9.66. The van der Waals surface area contributed by atoms with Crippen molar-refractivity contribution in [3.63, 3.8) is 0 Å². The van der Waals surface area contributed by atoms with Crippen molar-refractivity contribution in [2.75, 3.05) is 6.54 Å². The number of carbonyl (C=O) groups is 1. The van der Waals surface area contributed by atoms with Crippen molar-refractivity contribution in [1.82, 2.24) is 14.8 Å². The number of aromatic nitrogens is 3. The normalized spacial score (nSPS) is 12.8. The SMILES string of the molecule is Cc1nc(C(CN)C(=O)O)nn1C. The smallest absolute Gasteiger partial charge is 0.315 e. The van der Waals surface area contributed by atoms with E-state index in [0.717, 1.165) is 0 Å². The van der Waals surface area contributed by atoms with Gasteiger partial charge < -0.3 is 10.8 Å². The lowest BCUT2D eigenvalue weighted by Crippen LogP contribution is -2.22. The minimum atomic E-state index is -0.992. The number of nitrogens with two attached hydrogens (primary N) is 1. The molecule has 0 spiro atoms. The Hall–Kier alpha value is -1.43. The van der Waals surface area contributed by atoms with Crippen LogP contribution >= 0.6 is 0 Å². The second kappa shape index (κ2) is 3.53. The number of aryl methyl sites for hydroxylation is 2. The molecule has 0 aliphatic heterocycles. The van der Waals surface area contributed by atoms with E-state index in [4.69, 9.17) is 10.8 Å². The molecule has 72 valence electrons. The Balaban J connectivity index is 2.98. The molecule has 0 aliphatic rings. The molecule has 0 aliphatic carbocycles. The molecule has 0 saturated carbocycles. The molecule has 1 aromatic heterocycles. The standard InChI is InChI=1S/C7H12N4O2/c1-4-9-6(10-11(4)2)5(3-8)7(12)13/h5H,3,8H2,1-2H3,(H,12,13). The van der Waals surface area contributed by atoms with Crippen LogP contribution in [0, 0.1) is 6.92 Å². The number of hydrogen-bond acceptors (Lipinski definition) is 4. The van der Waals surface area contributed by atoms with Crippen LogP contribution in [-0.2, 0) is 11.8 Å². The summed E-state index contributed by atoms with van der Waals surface area (Å²) >= 11 is 0. The van der Waals surface area contributed by atoms with Gasteiger partial charge in [0, 0.05) is 13.6 Å². The molecule has 1 aromatic rings. The molecule has 0 fully saturated rings. The van der Waals surface area contributed by atoms with E-state index < -0.39 is 11.9 Å². The fraction of sp³-hybridized carbons (Fsp3) is 0.571. The van der Waals surface area contributed by atoms with Gasteiger partial charge in [-0.05, 0) is 6.92 Å². The van der Waals surface area contributed by atoms with Gasteiger partial charge in [0.1, 0.15) is 11.7 Å². The maximum absolute atomic E-state index is 10.7. The van der Waals surface area contributed by atoms with Crippen LogP contribution in [0.5, 0.6) is 0 Å². The topological polar surface area (TPSA) is 94.0 Å². The van der Waals surface area contributed by atoms with Crippen LogP contribution < -0.4 is 5.73 Å². The van der Waals surface area contributed by atoms with E-state index in [9.17, 15) is 4.79 Å². The lowest BCUT2D eigenvalue weighted by Gasteiger charge is -2.02. The molecule has 0 aromatic carbocycles. The van der Waals surface area contributed by atoms with Crippen molar-refractivity contribution in [3.8, 4) is 0 Å². The summed E-state index contributed by atoms with van der Waals surface area (Å²) in [6, 6.07) is 0. The number of rotatable bonds is 3. The van der Waals surface area contributed by atoms with Crippen molar-refractivity contribution in [3.05, 3.63) is 11.6 Å². The van der Waals surface area contributed by atoms with Crippen LogP contribution in [0.15, 0.2) is 0 Å². The third kappa shape index (κ3) is 1.83. The molecular formula is C7H12N4O2. The summed E-state index contributed by atoms with van der Waals surface area (Å²) in [4.78, 5) is 14.7. The Bertz CT molecular complexity index is 301. The molecule has 1 heterocycles. The van der Waals surface area contributed by atoms with Crippen LogP contribution in [0.1, 0.15) is 17.6 Å². The highest BCUT2D eigenvalue weighted by Crippen LogP contribution is 2.09. The summed E-state index contributed by atoms with van der Waals surface area (Å²) in [6.07, 6.45) is 0. The van der Waals surface area contributed by atoms with Crippen molar-refractivity contribution >= 4 is 5.97 Å². The monoisotopic (exact) mass is 184 g/mol. The van der Waals surface area contributed by atoms with Crippen molar-refractivity contribution in [2.45, 2.75) is 12.8 Å². The van der Waals surface area contributed by atoms with Gasteiger partial charge in [-0.25, -0.2) is 4.98 Å². The third-order valence-electron chi connectivity index (χ3n) is 1.84. The first-order valence-corrected chi connectivity index (χ1v) is 3.86. The van der Waals surface area contributed by atoms with Gasteiger partial charge in [0.2, 0.25) is 0 Å². The number of hydrogen-bond donors (Lipinski definition) is 2. The zero-order valence-electron chi connectivity index (χ0n) is 7.56. The Labute approximate surface area is 75.4 Å². The highest BCUT2D eigenvalue weighted by molar-refractivity contribution is 5.75. The van der Waals surface area contributed by atoms with Crippen LogP contribution in [-0.4, -0.2) is 32.4 Å². The molecule has 0 radical (unpaired) electrons. The maximum atomic E-state index is 10.7. The molecule has 1 rings (SSSR count). The molecule has 0 amide bonds. The average molecular weight is 184 g/mol. The minimum absolute atomic E-state index is 0.0127. The van der Waals surface area contributed by atoms with Gasteiger partial charge in [0.25, 0.3) is 0 Å². The molecule has 6 nitrogen and oxygen atoms in total. The van der Waals surface area contributed by atoms with Gasteiger partial charge in [-0.1, -0.05) is 0 Å². The summed E-state index contributed by atoms with van der Waals surface area (Å²) in [6.45, 7) is 1.77. The zero-order valence-corrected chi connectivity index (χ0v) is 7.56. The van der Waals surface area contributed by atoms with Crippen LogP contribution in [0.25, 0.3) is 0 Å². The van der Waals surface area contributed by atoms with Gasteiger partial charge in [0.05, 0.1) is 0 Å². The first-order valence-electron chi connectivity index (χ1n) is 3.86. The fourth-order valence-electron chi connectivity index (χ4n) is 0.951. The van der Waals surface area contributed by atoms with E-state index in [2.05, 4.69) is 10.1 Å². The first-order chi connectivity index (χ1) is 6.06. The molecule has 6 heteroatoms. The summed E-state index contributed by atoms with van der Waals surface area (Å²) in [5.41, 5.74) is 5.29. The van der Waals surface area contributed by atoms with Crippen molar-refractivity contribution < 1.29 is 9.90 Å². The molecule has 0 bridgehead atoms. The van der Waals surface area contributed by atoms with E-state index in [1.54, 1.807) is 14.0 Å². The van der Waals surface area contributed by atoms with Crippen LogP contribution in [0.4, 0.5) is 0 Å². The molecule has 1 atom stereocenters. The van der Waals surface area contributed by atoms with E-state index in [0.29, 0.717) is 5.82 Å². The Morgan fingerprint density at radius 3 is 2.69 bits per heavy atom. The quantitative estimate of drug-likeness (QED) is 0.644. The van der Waals surface area contributed by atoms with E-state index >= 15 is 0 Å². The van der Waals surface area contributed by atoms with E-state index in [1.807, 2.05) is 0 Å². The van der Waals surface area contributed by atoms with Crippen molar-refractivity contribution in [1.29, 1.82) is 0 Å². The molecular weight excluding hydrogens is 172 g/mol. The Morgan fingerprint density at radius 2 is 2.38 bits per heavy atom. The van der Waals surface area contributed by atoms with Crippen molar-refractivity contribution in [2.24, 2.45) is 12.8 Å². The van der Waals surface area contributed by atoms with Gasteiger partial charge >= 0.3 is 5.97 Å². The van der Waals surface area contributed by atoms with E-state index in [-0.39, 0.29) is 12.4 Å². The lowest BCUT2D eigenvalue weighted by atomic mass is 10.1. The largest absolute Gasteiger partial charge is 0.481 e. The number of carboxylic acids is 1. The fourth-order valence-corrected chi connectivity index (χ4v) is 0.951. The second-order valence-electron chi connectivity index (χ2n) is 2.77. The highest BCUT2D eigenvalue weighted by Gasteiger charge is 2.22. The predicted molar refractivity (Wildman–Crippen MR) is 45.2 cm³/mol. The summed E-state index contributed by atoms with van der Waals surface area (Å²) < 4.78 is 1.53. The molecule has 1 unspecified atom stereocenters. The summed E-state index contributed by atoms with van der Waals surface area (Å²) in [5, 5.41) is 12.7. The van der Waals surface area contributed by atoms with Gasteiger partial charge in [-0.2, -0.15) is 5.10 Å². The Kier molecular flexibility index (Phi) is 2.62. The summed E-state index contributed by atoms with van der Waals surface area (Å²) in [5.74, 6) is -0.849. The predicted octanol–water partition coefficient (Wildman–Crippen LogP) is -0.750. The maximum Gasteiger partial charge on any atom is 0.315 e. The van der Waals surface area contributed by atoms with Gasteiger partial charge in [-0.15, -0.1) is 0 Å². The van der Waals surface area contributed by atoms with Crippen LogP contribution in [0.2, 0.25) is 0 Å².